The first-order chi connectivity index (χ1) is 12.6. The van der Waals surface area contributed by atoms with Crippen LogP contribution in [0.3, 0.4) is 0 Å². The van der Waals surface area contributed by atoms with E-state index in [9.17, 15) is 14.4 Å². The van der Waals surface area contributed by atoms with Crippen molar-refractivity contribution in [2.24, 2.45) is 0 Å². The van der Waals surface area contributed by atoms with Crippen LogP contribution in [-0.4, -0.2) is 19.6 Å². The standard InChI is InChI=1S/C19H14FN3O3/c1-25-18-11-13(6-7-17(18)26-9-8-21)10-14(12-22)19(24)23-16-5-3-2-4-15(16)20/h2-7,10-11H,9H2,1H3,(H,23,24)/b14-10+. The molecule has 130 valence electrons. The van der Waals surface area contributed by atoms with Gasteiger partial charge in [0.1, 0.15) is 23.5 Å². The Balaban J connectivity index is 2.25. The highest BCUT2D eigenvalue weighted by Crippen LogP contribution is 2.29. The van der Waals surface area contributed by atoms with Crippen molar-refractivity contribution in [3.63, 3.8) is 0 Å². The average Bonchev–Trinajstić information content (AvgIpc) is 2.66. The van der Waals surface area contributed by atoms with Crippen LogP contribution in [0.5, 0.6) is 11.5 Å². The number of para-hydroxylation sites is 1. The van der Waals surface area contributed by atoms with Crippen LogP contribution in [0.15, 0.2) is 48.0 Å². The maximum absolute atomic E-state index is 13.6. The predicted octanol–water partition coefficient (Wildman–Crippen LogP) is 3.28. The van der Waals surface area contributed by atoms with Gasteiger partial charge in [0.05, 0.1) is 12.8 Å². The molecule has 2 aromatic carbocycles. The summed E-state index contributed by atoms with van der Waals surface area (Å²) in [6.45, 7) is -0.139. The minimum Gasteiger partial charge on any atom is -0.493 e. The molecule has 26 heavy (non-hydrogen) atoms. The summed E-state index contributed by atoms with van der Waals surface area (Å²) in [7, 11) is 1.43. The van der Waals surface area contributed by atoms with Gasteiger partial charge >= 0.3 is 0 Å². The molecule has 0 bridgehead atoms. The number of nitrogens with zero attached hydrogens (tertiary/aromatic N) is 2. The quantitative estimate of drug-likeness (QED) is 0.636. The second kappa shape index (κ2) is 8.86. The molecule has 0 aromatic heterocycles. The molecular weight excluding hydrogens is 337 g/mol. The molecule has 1 amide bonds. The van der Waals surface area contributed by atoms with E-state index in [1.807, 2.05) is 6.07 Å². The molecule has 0 atom stereocenters. The van der Waals surface area contributed by atoms with Gasteiger partial charge in [0, 0.05) is 0 Å². The summed E-state index contributed by atoms with van der Waals surface area (Å²) in [6, 6.07) is 14.0. The number of halogens is 1. The van der Waals surface area contributed by atoms with Gasteiger partial charge in [0.2, 0.25) is 0 Å². The largest absolute Gasteiger partial charge is 0.493 e. The summed E-state index contributed by atoms with van der Waals surface area (Å²) in [5.74, 6) is -0.624. The highest BCUT2D eigenvalue weighted by atomic mass is 19.1. The number of carbonyl (C=O) groups excluding carboxylic acids is 1. The molecule has 6 nitrogen and oxygen atoms in total. The molecule has 0 spiro atoms. The van der Waals surface area contributed by atoms with Crippen molar-refractivity contribution < 1.29 is 18.7 Å². The molecule has 2 rings (SSSR count). The number of nitrogens with one attached hydrogen (secondary N) is 1. The first kappa shape index (κ1) is 18.5. The van der Waals surface area contributed by atoms with Crippen LogP contribution in [0.2, 0.25) is 0 Å². The van der Waals surface area contributed by atoms with Crippen LogP contribution in [0.1, 0.15) is 5.56 Å². The molecule has 7 heteroatoms. The number of ether oxygens (including phenoxy) is 2. The Morgan fingerprint density at radius 1 is 1.23 bits per heavy atom. The molecule has 0 radical (unpaired) electrons. The molecule has 0 aliphatic carbocycles. The minimum atomic E-state index is -0.735. The van der Waals surface area contributed by atoms with Crippen molar-refractivity contribution in [3.8, 4) is 23.6 Å². The number of hydrogen-bond acceptors (Lipinski definition) is 5. The normalized spacial score (nSPS) is 10.4. The SMILES string of the molecule is COc1cc(/C=C(\C#N)C(=O)Nc2ccccc2F)ccc1OCC#N. The van der Waals surface area contributed by atoms with Crippen LogP contribution in [0, 0.1) is 28.5 Å². The fourth-order valence-corrected chi connectivity index (χ4v) is 2.07. The fourth-order valence-electron chi connectivity index (χ4n) is 2.07. The van der Waals surface area contributed by atoms with Crippen LogP contribution in [0.4, 0.5) is 10.1 Å². The predicted molar refractivity (Wildman–Crippen MR) is 92.7 cm³/mol. The maximum atomic E-state index is 13.6. The van der Waals surface area contributed by atoms with Crippen molar-refractivity contribution in [2.45, 2.75) is 0 Å². The van der Waals surface area contributed by atoms with Gasteiger partial charge in [-0.25, -0.2) is 4.39 Å². The van der Waals surface area contributed by atoms with Crippen LogP contribution >= 0.6 is 0 Å². The molecule has 0 aliphatic rings. The molecule has 2 aromatic rings. The van der Waals surface area contributed by atoms with Crippen LogP contribution < -0.4 is 14.8 Å². The minimum absolute atomic E-state index is 0.0171. The third-order valence-electron chi connectivity index (χ3n) is 3.28. The fraction of sp³-hybridized carbons (Fsp3) is 0.105. The average molecular weight is 351 g/mol. The van der Waals surface area contributed by atoms with Crippen molar-refractivity contribution in [3.05, 3.63) is 59.4 Å². The second-order valence-corrected chi connectivity index (χ2v) is 4.96. The molecule has 0 saturated carbocycles. The van der Waals surface area contributed by atoms with E-state index >= 15 is 0 Å². The first-order valence-corrected chi connectivity index (χ1v) is 7.44. The van der Waals surface area contributed by atoms with Gasteiger partial charge in [-0.1, -0.05) is 18.2 Å². The van der Waals surface area contributed by atoms with E-state index < -0.39 is 11.7 Å². The van der Waals surface area contributed by atoms with E-state index in [1.165, 1.54) is 31.4 Å². The molecule has 0 saturated heterocycles. The van der Waals surface area contributed by atoms with Gasteiger partial charge in [-0.2, -0.15) is 10.5 Å². The van der Waals surface area contributed by atoms with E-state index in [4.69, 9.17) is 14.7 Å². The molecular formula is C19H14FN3O3. The Labute approximate surface area is 149 Å². The number of anilines is 1. The van der Waals surface area contributed by atoms with Crippen molar-refractivity contribution >= 4 is 17.7 Å². The molecule has 1 N–H and O–H groups in total. The monoisotopic (exact) mass is 351 g/mol. The van der Waals surface area contributed by atoms with Gasteiger partial charge < -0.3 is 14.8 Å². The lowest BCUT2D eigenvalue weighted by atomic mass is 10.1. The van der Waals surface area contributed by atoms with E-state index in [1.54, 1.807) is 30.3 Å². The maximum Gasteiger partial charge on any atom is 0.266 e. The number of benzene rings is 2. The number of rotatable bonds is 6. The number of nitriles is 2. The van der Waals surface area contributed by atoms with Crippen LogP contribution in [0.25, 0.3) is 6.08 Å². The summed E-state index contributed by atoms with van der Waals surface area (Å²) in [5, 5.41) is 20.2. The Morgan fingerprint density at radius 2 is 2.00 bits per heavy atom. The lowest BCUT2D eigenvalue weighted by Crippen LogP contribution is -2.14. The number of amides is 1. The summed E-state index contributed by atoms with van der Waals surface area (Å²) in [5.41, 5.74) is 0.281. The number of hydrogen-bond donors (Lipinski definition) is 1. The third kappa shape index (κ3) is 4.59. The topological polar surface area (TPSA) is 95.1 Å². The zero-order chi connectivity index (χ0) is 18.9. The van der Waals surface area contributed by atoms with Crippen molar-refractivity contribution in [1.82, 2.24) is 0 Å². The van der Waals surface area contributed by atoms with Gasteiger partial charge in [0.15, 0.2) is 18.1 Å². The van der Waals surface area contributed by atoms with Gasteiger partial charge in [-0.3, -0.25) is 4.79 Å². The summed E-state index contributed by atoms with van der Waals surface area (Å²) in [4.78, 5) is 12.2. The number of carbonyl (C=O) groups is 1. The lowest BCUT2D eigenvalue weighted by Gasteiger charge is -2.09. The molecule has 0 aliphatic heterocycles. The highest BCUT2D eigenvalue weighted by Gasteiger charge is 2.13. The zero-order valence-electron chi connectivity index (χ0n) is 13.8. The summed E-state index contributed by atoms with van der Waals surface area (Å²) in [6.07, 6.45) is 1.34. The zero-order valence-corrected chi connectivity index (χ0v) is 13.8. The Morgan fingerprint density at radius 3 is 2.65 bits per heavy atom. The van der Waals surface area contributed by atoms with E-state index in [0.29, 0.717) is 17.1 Å². The van der Waals surface area contributed by atoms with E-state index in [-0.39, 0.29) is 17.9 Å². The molecule has 0 heterocycles. The molecule has 0 fully saturated rings. The number of methoxy groups -OCH3 is 1. The Bertz CT molecular complexity index is 926. The smallest absolute Gasteiger partial charge is 0.266 e. The third-order valence-corrected chi connectivity index (χ3v) is 3.28. The Hall–Kier alpha value is -3.84. The van der Waals surface area contributed by atoms with E-state index in [2.05, 4.69) is 5.32 Å². The van der Waals surface area contributed by atoms with Crippen molar-refractivity contribution in [1.29, 1.82) is 10.5 Å². The van der Waals surface area contributed by atoms with Crippen LogP contribution in [-0.2, 0) is 4.79 Å². The van der Waals surface area contributed by atoms with Crippen molar-refractivity contribution in [2.75, 3.05) is 19.0 Å². The highest BCUT2D eigenvalue weighted by molar-refractivity contribution is 6.09. The van der Waals surface area contributed by atoms with Gasteiger partial charge in [-0.05, 0) is 35.9 Å². The second-order valence-electron chi connectivity index (χ2n) is 4.96. The van der Waals surface area contributed by atoms with E-state index in [0.717, 1.165) is 0 Å². The lowest BCUT2D eigenvalue weighted by molar-refractivity contribution is -0.112. The summed E-state index contributed by atoms with van der Waals surface area (Å²) >= 11 is 0. The first-order valence-electron chi connectivity index (χ1n) is 7.44. The molecule has 0 unspecified atom stereocenters. The van der Waals surface area contributed by atoms with Gasteiger partial charge in [0.25, 0.3) is 5.91 Å². The summed E-state index contributed by atoms with van der Waals surface area (Å²) < 4.78 is 24.0. The Kier molecular flexibility index (Phi) is 6.30. The van der Waals surface area contributed by atoms with Gasteiger partial charge in [-0.15, -0.1) is 0 Å².